The van der Waals surface area contributed by atoms with Crippen LogP contribution in [-0.2, 0) is 0 Å². The lowest BCUT2D eigenvalue weighted by Gasteiger charge is -2.04. The van der Waals surface area contributed by atoms with Crippen molar-refractivity contribution in [3.8, 4) is 0 Å². The third-order valence-corrected chi connectivity index (χ3v) is 2.74. The Bertz CT molecular complexity index is 469. The molecule has 2 aromatic rings. The molecule has 0 aliphatic rings. The van der Waals surface area contributed by atoms with E-state index in [0.717, 1.165) is 15.4 Å². The minimum Gasteiger partial charge on any atom is -0.396 e. The van der Waals surface area contributed by atoms with Crippen LogP contribution >= 0.6 is 15.9 Å². The van der Waals surface area contributed by atoms with Crippen LogP contribution in [0.2, 0.25) is 0 Å². The average Bonchev–Trinajstić information content (AvgIpc) is 2.60. The third kappa shape index (κ3) is 2.04. The molecule has 1 atom stereocenters. The number of halogens is 1. The van der Waals surface area contributed by atoms with Crippen molar-refractivity contribution in [2.24, 2.45) is 5.73 Å². The van der Waals surface area contributed by atoms with Crippen LogP contribution in [0.5, 0.6) is 0 Å². The molecule has 0 fully saturated rings. The van der Waals surface area contributed by atoms with Crippen molar-refractivity contribution < 1.29 is 9.63 Å². The molecule has 3 N–H and O–H groups in total. The van der Waals surface area contributed by atoms with Crippen LogP contribution in [0.4, 0.5) is 0 Å². The van der Waals surface area contributed by atoms with Gasteiger partial charge in [0, 0.05) is 16.5 Å². The lowest BCUT2D eigenvalue weighted by molar-refractivity contribution is 0.263. The molecule has 1 aromatic carbocycles. The van der Waals surface area contributed by atoms with E-state index >= 15 is 0 Å². The standard InChI is InChI=1S/C10H11BrN2O2/c11-6-1-2-7-9(5-6)13-15-10(7)8(12)3-4-14/h1-2,5,8,14H,3-4,12H2. The molecule has 0 bridgehead atoms. The molecular formula is C10H11BrN2O2. The van der Waals surface area contributed by atoms with Crippen molar-refractivity contribution in [1.82, 2.24) is 5.16 Å². The number of aliphatic hydroxyl groups is 1. The predicted molar refractivity (Wildman–Crippen MR) is 60.3 cm³/mol. The summed E-state index contributed by atoms with van der Waals surface area (Å²) in [5.41, 5.74) is 6.62. The van der Waals surface area contributed by atoms with Gasteiger partial charge in [0.25, 0.3) is 0 Å². The van der Waals surface area contributed by atoms with Crippen LogP contribution in [0.25, 0.3) is 10.9 Å². The Morgan fingerprint density at radius 2 is 2.33 bits per heavy atom. The van der Waals surface area contributed by atoms with E-state index in [9.17, 15) is 0 Å². The lowest BCUT2D eigenvalue weighted by Crippen LogP contribution is -2.11. The van der Waals surface area contributed by atoms with Crippen LogP contribution in [0.1, 0.15) is 18.2 Å². The smallest absolute Gasteiger partial charge is 0.161 e. The monoisotopic (exact) mass is 270 g/mol. The van der Waals surface area contributed by atoms with E-state index in [-0.39, 0.29) is 12.6 Å². The molecule has 5 heteroatoms. The minimum atomic E-state index is -0.304. The van der Waals surface area contributed by atoms with Crippen molar-refractivity contribution in [1.29, 1.82) is 0 Å². The first kappa shape index (κ1) is 10.6. The van der Waals surface area contributed by atoms with E-state index in [1.807, 2.05) is 18.2 Å². The largest absolute Gasteiger partial charge is 0.396 e. The molecule has 0 saturated heterocycles. The van der Waals surface area contributed by atoms with Crippen molar-refractivity contribution >= 4 is 26.8 Å². The van der Waals surface area contributed by atoms with Crippen molar-refractivity contribution in [3.63, 3.8) is 0 Å². The maximum Gasteiger partial charge on any atom is 0.161 e. The highest BCUT2D eigenvalue weighted by molar-refractivity contribution is 9.10. The van der Waals surface area contributed by atoms with Gasteiger partial charge in [-0.05, 0) is 24.6 Å². The summed E-state index contributed by atoms with van der Waals surface area (Å²) < 4.78 is 6.13. The van der Waals surface area contributed by atoms with Crippen molar-refractivity contribution in [3.05, 3.63) is 28.4 Å². The summed E-state index contributed by atoms with van der Waals surface area (Å²) in [5.74, 6) is 0.631. The summed E-state index contributed by atoms with van der Waals surface area (Å²) in [4.78, 5) is 0. The fourth-order valence-electron chi connectivity index (χ4n) is 1.47. The van der Waals surface area contributed by atoms with Crippen molar-refractivity contribution in [2.45, 2.75) is 12.5 Å². The number of benzene rings is 1. The second-order valence-corrected chi connectivity index (χ2v) is 4.24. The fraction of sp³-hybridized carbons (Fsp3) is 0.300. The highest BCUT2D eigenvalue weighted by atomic mass is 79.9. The Balaban J connectivity index is 2.44. The second-order valence-electron chi connectivity index (χ2n) is 3.33. The quantitative estimate of drug-likeness (QED) is 0.895. The van der Waals surface area contributed by atoms with E-state index in [0.29, 0.717) is 12.2 Å². The van der Waals surface area contributed by atoms with E-state index in [4.69, 9.17) is 15.4 Å². The molecule has 80 valence electrons. The summed E-state index contributed by atoms with van der Waals surface area (Å²) in [6, 6.07) is 5.38. The molecule has 4 nitrogen and oxygen atoms in total. The van der Waals surface area contributed by atoms with Crippen LogP contribution in [-0.4, -0.2) is 16.9 Å². The topological polar surface area (TPSA) is 72.3 Å². The first-order valence-corrected chi connectivity index (χ1v) is 5.43. The van der Waals surface area contributed by atoms with E-state index in [1.165, 1.54) is 0 Å². The Kier molecular flexibility index (Phi) is 3.04. The van der Waals surface area contributed by atoms with Gasteiger partial charge in [-0.3, -0.25) is 0 Å². The number of aliphatic hydroxyl groups excluding tert-OH is 1. The Hall–Kier alpha value is -0.910. The molecule has 0 saturated carbocycles. The maximum absolute atomic E-state index is 8.80. The van der Waals surface area contributed by atoms with Gasteiger partial charge in [-0.25, -0.2) is 0 Å². The van der Waals surface area contributed by atoms with Crippen LogP contribution in [0, 0.1) is 0 Å². The van der Waals surface area contributed by atoms with Gasteiger partial charge in [0.1, 0.15) is 5.52 Å². The normalized spacial score (nSPS) is 13.3. The zero-order valence-corrected chi connectivity index (χ0v) is 9.57. The van der Waals surface area contributed by atoms with Gasteiger partial charge in [-0.2, -0.15) is 0 Å². The summed E-state index contributed by atoms with van der Waals surface area (Å²) in [5, 5.41) is 13.6. The minimum absolute atomic E-state index is 0.0416. The maximum atomic E-state index is 8.80. The summed E-state index contributed by atoms with van der Waals surface area (Å²) >= 11 is 3.36. The Morgan fingerprint density at radius 1 is 1.53 bits per heavy atom. The molecule has 0 aliphatic heterocycles. The van der Waals surface area contributed by atoms with Gasteiger partial charge in [0.2, 0.25) is 0 Å². The average molecular weight is 271 g/mol. The Labute approximate surface area is 95.2 Å². The van der Waals surface area contributed by atoms with Crippen LogP contribution in [0.3, 0.4) is 0 Å². The number of aromatic nitrogens is 1. The number of nitrogens with zero attached hydrogens (tertiary/aromatic N) is 1. The second kappa shape index (κ2) is 4.30. The molecule has 1 aromatic heterocycles. The number of nitrogens with two attached hydrogens (primary N) is 1. The molecular weight excluding hydrogens is 260 g/mol. The highest BCUT2D eigenvalue weighted by Crippen LogP contribution is 2.26. The number of hydrogen-bond acceptors (Lipinski definition) is 4. The molecule has 0 spiro atoms. The van der Waals surface area contributed by atoms with Gasteiger partial charge in [0.05, 0.1) is 6.04 Å². The first-order valence-electron chi connectivity index (χ1n) is 4.63. The van der Waals surface area contributed by atoms with Crippen molar-refractivity contribution in [2.75, 3.05) is 6.61 Å². The van der Waals surface area contributed by atoms with Gasteiger partial charge in [-0.15, -0.1) is 0 Å². The SMILES string of the molecule is NC(CCO)c1onc2cc(Br)ccc12. The zero-order chi connectivity index (χ0) is 10.8. The van der Waals surface area contributed by atoms with E-state index in [2.05, 4.69) is 21.1 Å². The van der Waals surface area contributed by atoms with Gasteiger partial charge < -0.3 is 15.4 Å². The number of hydrogen-bond donors (Lipinski definition) is 2. The molecule has 0 radical (unpaired) electrons. The van der Waals surface area contributed by atoms with E-state index < -0.39 is 0 Å². The number of rotatable bonds is 3. The molecule has 1 unspecified atom stereocenters. The summed E-state index contributed by atoms with van der Waals surface area (Å²) in [6.45, 7) is 0.0416. The van der Waals surface area contributed by atoms with Crippen LogP contribution < -0.4 is 5.73 Å². The highest BCUT2D eigenvalue weighted by Gasteiger charge is 2.15. The molecule has 0 amide bonds. The zero-order valence-electron chi connectivity index (χ0n) is 7.98. The molecule has 2 rings (SSSR count). The molecule has 15 heavy (non-hydrogen) atoms. The van der Waals surface area contributed by atoms with Gasteiger partial charge in [0.15, 0.2) is 5.76 Å². The molecule has 0 aliphatic carbocycles. The lowest BCUT2D eigenvalue weighted by atomic mass is 10.1. The summed E-state index contributed by atoms with van der Waals surface area (Å²) in [7, 11) is 0. The number of fused-ring (bicyclic) bond motifs is 1. The first-order chi connectivity index (χ1) is 7.22. The molecule has 1 heterocycles. The van der Waals surface area contributed by atoms with Gasteiger partial charge >= 0.3 is 0 Å². The van der Waals surface area contributed by atoms with Crippen LogP contribution in [0.15, 0.2) is 27.2 Å². The van der Waals surface area contributed by atoms with E-state index in [1.54, 1.807) is 0 Å². The van der Waals surface area contributed by atoms with Gasteiger partial charge in [-0.1, -0.05) is 21.1 Å². The fourth-order valence-corrected chi connectivity index (χ4v) is 1.82. The third-order valence-electron chi connectivity index (χ3n) is 2.24. The predicted octanol–water partition coefficient (Wildman–Crippen LogP) is 1.97. The summed E-state index contributed by atoms with van der Waals surface area (Å²) in [6.07, 6.45) is 0.473. The Morgan fingerprint density at radius 3 is 3.07 bits per heavy atom.